The third kappa shape index (κ3) is 4.89. The molecule has 0 aliphatic heterocycles. The predicted octanol–water partition coefficient (Wildman–Crippen LogP) is 2.28. The first-order valence-corrected chi connectivity index (χ1v) is 9.85. The molecule has 0 aromatic heterocycles. The lowest BCUT2D eigenvalue weighted by Gasteiger charge is -2.17. The standard InChI is InChI=1S/C18H21F3N2O6S/c1-27-11-5-15(28-2)13(16(6-11)29-3)8-23-30(25,26)12-4-10(9-24)17(22)14(7-12)18(19,20)21/h4-7,23-24H,8-9,22H2,1-3H3. The summed E-state index contributed by atoms with van der Waals surface area (Å²) in [4.78, 5) is -0.695. The molecular formula is C18H21F3N2O6S. The van der Waals surface area contributed by atoms with Crippen LogP contribution < -0.4 is 24.7 Å². The number of benzene rings is 2. The average molecular weight is 450 g/mol. The molecule has 30 heavy (non-hydrogen) atoms. The Morgan fingerprint density at radius 1 is 1.03 bits per heavy atom. The summed E-state index contributed by atoms with van der Waals surface area (Å²) in [5.74, 6) is 0.896. The van der Waals surface area contributed by atoms with Crippen LogP contribution in [0.25, 0.3) is 0 Å². The molecule has 0 bridgehead atoms. The van der Waals surface area contributed by atoms with Crippen molar-refractivity contribution in [1.29, 1.82) is 0 Å². The summed E-state index contributed by atoms with van der Waals surface area (Å²) in [5.41, 5.74) is 3.28. The number of ether oxygens (including phenoxy) is 3. The fourth-order valence-corrected chi connectivity index (χ4v) is 3.78. The normalized spacial score (nSPS) is 12.0. The molecule has 0 unspecified atom stereocenters. The number of nitrogens with two attached hydrogens (primary N) is 1. The van der Waals surface area contributed by atoms with Crippen molar-refractivity contribution < 1.29 is 40.9 Å². The van der Waals surface area contributed by atoms with E-state index in [1.54, 1.807) is 0 Å². The molecule has 0 saturated carbocycles. The van der Waals surface area contributed by atoms with Crippen molar-refractivity contribution in [2.24, 2.45) is 0 Å². The smallest absolute Gasteiger partial charge is 0.418 e. The zero-order valence-corrected chi connectivity index (χ0v) is 17.1. The number of halogens is 3. The number of aliphatic hydroxyl groups excluding tert-OH is 1. The SMILES string of the molecule is COc1cc(OC)c(CNS(=O)(=O)c2cc(CO)c(N)c(C(F)(F)F)c2)c(OC)c1. The van der Waals surface area contributed by atoms with E-state index in [0.717, 1.165) is 6.07 Å². The van der Waals surface area contributed by atoms with Crippen LogP contribution in [-0.4, -0.2) is 34.9 Å². The summed E-state index contributed by atoms with van der Waals surface area (Å²) in [6, 6.07) is 4.30. The van der Waals surface area contributed by atoms with E-state index in [1.807, 2.05) is 0 Å². The Morgan fingerprint density at radius 2 is 1.60 bits per heavy atom. The van der Waals surface area contributed by atoms with Crippen LogP contribution in [0.5, 0.6) is 17.2 Å². The summed E-state index contributed by atoms with van der Waals surface area (Å²) < 4.78 is 82.8. The van der Waals surface area contributed by atoms with Crippen LogP contribution in [0.4, 0.5) is 18.9 Å². The number of rotatable bonds is 8. The molecule has 12 heteroatoms. The molecule has 0 fully saturated rings. The van der Waals surface area contributed by atoms with Crippen LogP contribution in [0, 0.1) is 0 Å². The van der Waals surface area contributed by atoms with Crippen molar-refractivity contribution in [3.63, 3.8) is 0 Å². The Kier molecular flexibility index (Phi) is 7.06. The Balaban J connectivity index is 2.46. The maximum Gasteiger partial charge on any atom is 0.418 e. The minimum absolute atomic E-state index is 0.248. The van der Waals surface area contributed by atoms with E-state index in [1.165, 1.54) is 33.5 Å². The molecule has 2 aromatic rings. The summed E-state index contributed by atoms with van der Waals surface area (Å²) in [7, 11) is -0.277. The Morgan fingerprint density at radius 3 is 2.03 bits per heavy atom. The van der Waals surface area contributed by atoms with Crippen LogP contribution in [-0.2, 0) is 29.4 Å². The summed E-state index contributed by atoms with van der Waals surface area (Å²) in [6.45, 7) is -1.21. The van der Waals surface area contributed by atoms with Gasteiger partial charge in [0, 0.05) is 29.9 Å². The molecule has 0 amide bonds. The highest BCUT2D eigenvalue weighted by atomic mass is 32.2. The number of nitrogen functional groups attached to an aromatic ring is 1. The molecule has 0 spiro atoms. The van der Waals surface area contributed by atoms with Gasteiger partial charge in [0.2, 0.25) is 10.0 Å². The van der Waals surface area contributed by atoms with E-state index in [0.29, 0.717) is 17.4 Å². The van der Waals surface area contributed by atoms with Crippen molar-refractivity contribution in [2.45, 2.75) is 24.2 Å². The summed E-state index contributed by atoms with van der Waals surface area (Å²) >= 11 is 0. The van der Waals surface area contributed by atoms with E-state index < -0.39 is 39.0 Å². The van der Waals surface area contributed by atoms with E-state index in [-0.39, 0.29) is 23.6 Å². The van der Waals surface area contributed by atoms with E-state index in [4.69, 9.17) is 19.9 Å². The fourth-order valence-electron chi connectivity index (χ4n) is 2.71. The number of alkyl halides is 3. The van der Waals surface area contributed by atoms with Gasteiger partial charge in [-0.15, -0.1) is 0 Å². The first kappa shape index (κ1) is 23.6. The fraction of sp³-hybridized carbons (Fsp3) is 0.333. The van der Waals surface area contributed by atoms with Gasteiger partial charge in [-0.25, -0.2) is 13.1 Å². The third-order valence-electron chi connectivity index (χ3n) is 4.28. The number of nitrogens with one attached hydrogen (secondary N) is 1. The second kappa shape index (κ2) is 8.98. The zero-order valence-electron chi connectivity index (χ0n) is 16.3. The monoisotopic (exact) mass is 450 g/mol. The van der Waals surface area contributed by atoms with E-state index >= 15 is 0 Å². The summed E-state index contributed by atoms with van der Waals surface area (Å²) in [5, 5.41) is 9.29. The minimum atomic E-state index is -4.90. The van der Waals surface area contributed by atoms with Crippen LogP contribution in [0.15, 0.2) is 29.2 Å². The highest BCUT2D eigenvalue weighted by Gasteiger charge is 2.35. The molecule has 0 aliphatic rings. The van der Waals surface area contributed by atoms with Gasteiger partial charge in [0.1, 0.15) is 17.2 Å². The quantitative estimate of drug-likeness (QED) is 0.528. The molecule has 2 rings (SSSR count). The zero-order chi connectivity index (χ0) is 22.7. The molecule has 166 valence electrons. The van der Waals surface area contributed by atoms with Gasteiger partial charge in [0.25, 0.3) is 0 Å². The van der Waals surface area contributed by atoms with Gasteiger partial charge in [-0.1, -0.05) is 0 Å². The first-order chi connectivity index (χ1) is 14.0. The highest BCUT2D eigenvalue weighted by Crippen LogP contribution is 2.37. The molecule has 0 saturated heterocycles. The van der Waals surface area contributed by atoms with Gasteiger partial charge < -0.3 is 25.1 Å². The second-order valence-electron chi connectivity index (χ2n) is 6.03. The number of hydrogen-bond donors (Lipinski definition) is 3. The van der Waals surface area contributed by atoms with Gasteiger partial charge in [-0.3, -0.25) is 0 Å². The van der Waals surface area contributed by atoms with Crippen molar-refractivity contribution in [1.82, 2.24) is 4.72 Å². The molecule has 0 atom stereocenters. The average Bonchev–Trinajstić information content (AvgIpc) is 2.70. The first-order valence-electron chi connectivity index (χ1n) is 8.37. The highest BCUT2D eigenvalue weighted by molar-refractivity contribution is 7.89. The maximum atomic E-state index is 13.2. The number of anilines is 1. The Labute approximate surface area is 171 Å². The van der Waals surface area contributed by atoms with Gasteiger partial charge in [0.15, 0.2) is 0 Å². The third-order valence-corrected chi connectivity index (χ3v) is 5.66. The van der Waals surface area contributed by atoms with Gasteiger partial charge in [0.05, 0.1) is 44.0 Å². The number of methoxy groups -OCH3 is 3. The number of hydrogen-bond acceptors (Lipinski definition) is 7. The van der Waals surface area contributed by atoms with Gasteiger partial charge in [-0.2, -0.15) is 13.2 Å². The number of sulfonamides is 1. The van der Waals surface area contributed by atoms with E-state index in [9.17, 15) is 26.7 Å². The largest absolute Gasteiger partial charge is 0.496 e. The minimum Gasteiger partial charge on any atom is -0.496 e. The van der Waals surface area contributed by atoms with Crippen molar-refractivity contribution in [3.8, 4) is 17.2 Å². The van der Waals surface area contributed by atoms with Crippen molar-refractivity contribution >= 4 is 15.7 Å². The molecule has 2 aromatic carbocycles. The van der Waals surface area contributed by atoms with Crippen LogP contribution >= 0.6 is 0 Å². The van der Waals surface area contributed by atoms with Gasteiger partial charge in [-0.05, 0) is 12.1 Å². The Hall–Kier alpha value is -2.70. The van der Waals surface area contributed by atoms with Gasteiger partial charge >= 0.3 is 6.18 Å². The van der Waals surface area contributed by atoms with E-state index in [2.05, 4.69) is 4.72 Å². The lowest BCUT2D eigenvalue weighted by Crippen LogP contribution is -2.25. The molecular weight excluding hydrogens is 429 g/mol. The lowest BCUT2D eigenvalue weighted by atomic mass is 10.1. The molecule has 0 heterocycles. The van der Waals surface area contributed by atoms with Crippen LogP contribution in [0.2, 0.25) is 0 Å². The Bertz CT molecular complexity index is 1000. The molecule has 0 aliphatic carbocycles. The van der Waals surface area contributed by atoms with Crippen molar-refractivity contribution in [2.75, 3.05) is 27.1 Å². The molecule has 8 nitrogen and oxygen atoms in total. The molecule has 0 radical (unpaired) electrons. The lowest BCUT2D eigenvalue weighted by molar-refractivity contribution is -0.137. The van der Waals surface area contributed by atoms with Crippen LogP contribution in [0.3, 0.4) is 0 Å². The van der Waals surface area contributed by atoms with Crippen LogP contribution in [0.1, 0.15) is 16.7 Å². The molecule has 4 N–H and O–H groups in total. The number of aliphatic hydroxyl groups is 1. The topological polar surface area (TPSA) is 120 Å². The maximum absolute atomic E-state index is 13.2. The van der Waals surface area contributed by atoms with Crippen molar-refractivity contribution in [3.05, 3.63) is 41.0 Å². The summed E-state index contributed by atoms with van der Waals surface area (Å²) in [6.07, 6.45) is -4.90. The second-order valence-corrected chi connectivity index (χ2v) is 7.80. The predicted molar refractivity (Wildman–Crippen MR) is 102 cm³/mol.